The maximum Gasteiger partial charge on any atom is 0.181 e. The molecule has 0 spiro atoms. The van der Waals surface area contributed by atoms with E-state index in [1.54, 1.807) is 6.08 Å². The van der Waals surface area contributed by atoms with E-state index in [0.717, 1.165) is 56.7 Å². The number of nitrogens with one attached hydrogen (secondary N) is 1. The quantitative estimate of drug-likeness (QED) is 0.261. The van der Waals surface area contributed by atoms with E-state index in [9.17, 15) is 4.79 Å². The predicted molar refractivity (Wildman–Crippen MR) is 142 cm³/mol. The second kappa shape index (κ2) is 12.8. The van der Waals surface area contributed by atoms with Gasteiger partial charge in [-0.15, -0.1) is 0 Å². The van der Waals surface area contributed by atoms with Crippen molar-refractivity contribution in [1.82, 2.24) is 5.32 Å². The summed E-state index contributed by atoms with van der Waals surface area (Å²) < 4.78 is 6.05. The SMILES string of the molecule is O=C(/C=C/c1ccc(CNCCC2=CCc3ccc(OCCCc4ccccc4)cc32)cc1)CO. The fraction of sp³-hybridized carbons (Fsp3) is 0.258. The highest BCUT2D eigenvalue weighted by Gasteiger charge is 2.14. The van der Waals surface area contributed by atoms with Crippen molar-refractivity contribution in [3.63, 3.8) is 0 Å². The second-order valence-electron chi connectivity index (χ2n) is 8.82. The van der Waals surface area contributed by atoms with Gasteiger partial charge < -0.3 is 15.2 Å². The standard InChI is InChI=1S/C31H33NO3/c33-23-29(34)16-12-25-8-10-26(11-9-25)22-32-19-18-28-14-13-27-15-17-30(21-31(27)28)35-20-4-7-24-5-2-1-3-6-24/h1-3,5-6,8-12,14-17,21,32-33H,4,7,13,18-20,22-23H2/b16-12+. The molecule has 0 atom stereocenters. The molecular weight excluding hydrogens is 434 g/mol. The zero-order chi connectivity index (χ0) is 24.3. The molecule has 0 bridgehead atoms. The summed E-state index contributed by atoms with van der Waals surface area (Å²) in [6.07, 6.45) is 9.47. The van der Waals surface area contributed by atoms with E-state index in [4.69, 9.17) is 9.84 Å². The molecule has 0 aromatic heterocycles. The zero-order valence-corrected chi connectivity index (χ0v) is 20.1. The molecule has 0 amide bonds. The van der Waals surface area contributed by atoms with Gasteiger partial charge in [-0.3, -0.25) is 4.79 Å². The van der Waals surface area contributed by atoms with Crippen molar-refractivity contribution in [2.75, 3.05) is 19.8 Å². The maximum absolute atomic E-state index is 11.2. The van der Waals surface area contributed by atoms with Gasteiger partial charge >= 0.3 is 0 Å². The summed E-state index contributed by atoms with van der Waals surface area (Å²) in [4.78, 5) is 11.2. The van der Waals surface area contributed by atoms with Gasteiger partial charge in [0.1, 0.15) is 12.4 Å². The molecule has 4 heteroatoms. The van der Waals surface area contributed by atoms with E-state index in [-0.39, 0.29) is 5.78 Å². The second-order valence-corrected chi connectivity index (χ2v) is 8.82. The van der Waals surface area contributed by atoms with Crippen LogP contribution in [0.3, 0.4) is 0 Å². The number of ketones is 1. The first kappa shape index (κ1) is 24.6. The third-order valence-corrected chi connectivity index (χ3v) is 6.21. The lowest BCUT2D eigenvalue weighted by atomic mass is 10.0. The van der Waals surface area contributed by atoms with E-state index in [2.05, 4.69) is 66.0 Å². The lowest BCUT2D eigenvalue weighted by Gasteiger charge is -2.11. The molecule has 0 saturated heterocycles. The largest absolute Gasteiger partial charge is 0.494 e. The molecule has 0 fully saturated rings. The summed E-state index contributed by atoms with van der Waals surface area (Å²) >= 11 is 0. The number of fused-ring (bicyclic) bond motifs is 1. The number of ether oxygens (including phenoxy) is 1. The molecule has 1 aliphatic carbocycles. The highest BCUT2D eigenvalue weighted by Crippen LogP contribution is 2.32. The molecule has 4 rings (SSSR count). The van der Waals surface area contributed by atoms with Crippen LogP contribution in [0.2, 0.25) is 0 Å². The molecule has 4 nitrogen and oxygen atoms in total. The topological polar surface area (TPSA) is 58.6 Å². The molecule has 0 unspecified atom stereocenters. The molecule has 1 aliphatic rings. The van der Waals surface area contributed by atoms with Crippen LogP contribution in [0.15, 0.2) is 84.9 Å². The van der Waals surface area contributed by atoms with Crippen LogP contribution in [-0.4, -0.2) is 30.6 Å². The Hall–Kier alpha value is -3.47. The lowest BCUT2D eigenvalue weighted by Crippen LogP contribution is -2.14. The third-order valence-electron chi connectivity index (χ3n) is 6.21. The van der Waals surface area contributed by atoms with Gasteiger partial charge in [0.2, 0.25) is 0 Å². The minimum Gasteiger partial charge on any atom is -0.494 e. The van der Waals surface area contributed by atoms with Crippen molar-refractivity contribution in [1.29, 1.82) is 0 Å². The molecule has 0 radical (unpaired) electrons. The first-order chi connectivity index (χ1) is 17.2. The smallest absolute Gasteiger partial charge is 0.181 e. The van der Waals surface area contributed by atoms with E-state index in [1.165, 1.54) is 33.9 Å². The van der Waals surface area contributed by atoms with E-state index in [0.29, 0.717) is 0 Å². The van der Waals surface area contributed by atoms with E-state index < -0.39 is 6.61 Å². The Morgan fingerprint density at radius 3 is 2.60 bits per heavy atom. The van der Waals surface area contributed by atoms with Crippen LogP contribution in [-0.2, 0) is 24.2 Å². The number of carbonyl (C=O) groups excluding carboxylic acids is 1. The fourth-order valence-electron chi connectivity index (χ4n) is 4.26. The van der Waals surface area contributed by atoms with Crippen molar-refractivity contribution >= 4 is 17.4 Å². The van der Waals surface area contributed by atoms with Gasteiger partial charge in [-0.25, -0.2) is 0 Å². The van der Waals surface area contributed by atoms with Gasteiger partial charge in [0, 0.05) is 6.54 Å². The molecule has 0 saturated carbocycles. The molecule has 35 heavy (non-hydrogen) atoms. The van der Waals surface area contributed by atoms with Crippen LogP contribution < -0.4 is 10.1 Å². The van der Waals surface area contributed by atoms with Gasteiger partial charge in [0.15, 0.2) is 5.78 Å². The number of hydrogen-bond donors (Lipinski definition) is 2. The van der Waals surface area contributed by atoms with Crippen molar-refractivity contribution in [3.8, 4) is 5.75 Å². The average Bonchev–Trinajstić information content (AvgIpc) is 3.31. The summed E-state index contributed by atoms with van der Waals surface area (Å²) in [5.41, 5.74) is 7.58. The molecule has 2 N–H and O–H groups in total. The number of hydrogen-bond acceptors (Lipinski definition) is 4. The number of allylic oxidation sites excluding steroid dienone is 1. The minimum absolute atomic E-state index is 0.291. The van der Waals surface area contributed by atoms with Gasteiger partial charge in [0.05, 0.1) is 6.61 Å². The molecule has 180 valence electrons. The highest BCUT2D eigenvalue weighted by molar-refractivity contribution is 5.94. The highest BCUT2D eigenvalue weighted by atomic mass is 16.5. The Morgan fingerprint density at radius 2 is 1.80 bits per heavy atom. The normalized spacial score (nSPS) is 12.5. The summed E-state index contributed by atoms with van der Waals surface area (Å²) in [7, 11) is 0. The van der Waals surface area contributed by atoms with Gasteiger partial charge in [0.25, 0.3) is 0 Å². The van der Waals surface area contributed by atoms with Crippen LogP contribution in [0.1, 0.15) is 40.7 Å². The van der Waals surface area contributed by atoms with Crippen LogP contribution in [0.5, 0.6) is 5.75 Å². The summed E-state index contributed by atoms with van der Waals surface area (Å²) in [6, 6.07) is 25.1. The third kappa shape index (κ3) is 7.51. The lowest BCUT2D eigenvalue weighted by molar-refractivity contribution is -0.117. The van der Waals surface area contributed by atoms with Gasteiger partial charge in [-0.05, 0) is 83.8 Å². The fourth-order valence-corrected chi connectivity index (χ4v) is 4.26. The molecule has 0 heterocycles. The molecule has 3 aromatic rings. The summed E-state index contributed by atoms with van der Waals surface area (Å²) in [6.45, 7) is 1.97. The van der Waals surface area contributed by atoms with Crippen LogP contribution in [0.25, 0.3) is 11.6 Å². The Kier molecular flexibility index (Phi) is 9.04. The van der Waals surface area contributed by atoms with E-state index in [1.807, 2.05) is 18.2 Å². The van der Waals surface area contributed by atoms with Crippen LogP contribution in [0.4, 0.5) is 0 Å². The Balaban J connectivity index is 1.20. The summed E-state index contributed by atoms with van der Waals surface area (Å²) in [5.74, 6) is 0.660. The minimum atomic E-state index is -0.456. The number of aliphatic hydroxyl groups excluding tert-OH is 1. The number of aliphatic hydroxyl groups is 1. The summed E-state index contributed by atoms with van der Waals surface area (Å²) in [5, 5.41) is 12.3. The number of benzene rings is 3. The average molecular weight is 468 g/mol. The number of carbonyl (C=O) groups is 1. The zero-order valence-electron chi connectivity index (χ0n) is 20.1. The first-order valence-electron chi connectivity index (χ1n) is 12.3. The number of rotatable bonds is 13. The molecule has 0 aliphatic heterocycles. The van der Waals surface area contributed by atoms with Crippen molar-refractivity contribution < 1.29 is 14.6 Å². The molecular formula is C31H33NO3. The Labute approximate surface area is 208 Å². The van der Waals surface area contributed by atoms with Crippen LogP contribution >= 0.6 is 0 Å². The number of aryl methyl sites for hydroxylation is 1. The monoisotopic (exact) mass is 467 g/mol. The predicted octanol–water partition coefficient (Wildman–Crippen LogP) is 5.39. The van der Waals surface area contributed by atoms with Gasteiger partial charge in [-0.2, -0.15) is 0 Å². The first-order valence-corrected chi connectivity index (χ1v) is 12.3. The van der Waals surface area contributed by atoms with Crippen molar-refractivity contribution in [2.45, 2.75) is 32.2 Å². The Morgan fingerprint density at radius 1 is 0.971 bits per heavy atom. The van der Waals surface area contributed by atoms with Gasteiger partial charge in [-0.1, -0.05) is 72.8 Å². The maximum atomic E-state index is 11.2. The van der Waals surface area contributed by atoms with Crippen molar-refractivity contribution in [2.24, 2.45) is 0 Å². The Bertz CT molecular complexity index is 1160. The van der Waals surface area contributed by atoms with Crippen molar-refractivity contribution in [3.05, 3.63) is 113 Å². The van der Waals surface area contributed by atoms with Crippen LogP contribution in [0, 0.1) is 0 Å². The molecule has 3 aromatic carbocycles. The van der Waals surface area contributed by atoms with E-state index >= 15 is 0 Å².